The minimum atomic E-state index is -0.267. The Morgan fingerprint density at radius 2 is 2.00 bits per heavy atom. The van der Waals surface area contributed by atoms with Crippen LogP contribution in [0.3, 0.4) is 0 Å². The molecule has 0 atom stereocenters. The molecule has 4 nitrogen and oxygen atoms in total. The molecule has 1 aliphatic heterocycles. The summed E-state index contributed by atoms with van der Waals surface area (Å²) < 4.78 is 19.8. The van der Waals surface area contributed by atoms with E-state index in [-0.39, 0.29) is 5.82 Å². The van der Waals surface area contributed by atoms with Gasteiger partial charge in [-0.3, -0.25) is 0 Å². The van der Waals surface area contributed by atoms with Crippen LogP contribution in [0, 0.1) is 5.82 Å². The zero-order chi connectivity index (χ0) is 11.1. The second-order valence-corrected chi connectivity index (χ2v) is 3.69. The number of anilines is 1. The average molecular weight is 219 g/mol. The van der Waals surface area contributed by atoms with Crippen LogP contribution >= 0.6 is 0 Å². The molecule has 0 fully saturated rings. The predicted octanol–water partition coefficient (Wildman–Crippen LogP) is 1.62. The molecular weight excluding hydrogens is 209 g/mol. The van der Waals surface area contributed by atoms with Crippen molar-refractivity contribution < 1.29 is 9.13 Å². The number of aromatic nitrogens is 2. The fraction of sp³-hybridized carbons (Fsp3) is 0.182. The summed E-state index contributed by atoms with van der Waals surface area (Å²) in [5.74, 6) is 0.216. The van der Waals surface area contributed by atoms with Crippen LogP contribution in [0.15, 0.2) is 24.3 Å². The van der Waals surface area contributed by atoms with Gasteiger partial charge in [0, 0.05) is 5.56 Å². The Bertz CT molecular complexity index is 533. The number of halogens is 1. The number of hydrogen-bond donors (Lipinski definition) is 1. The fourth-order valence-corrected chi connectivity index (χ4v) is 1.86. The van der Waals surface area contributed by atoms with Gasteiger partial charge in [-0.25, -0.2) is 9.07 Å². The minimum Gasteiger partial charge on any atom is -0.382 e. The first kappa shape index (κ1) is 9.35. The number of ether oxygens (including phenoxy) is 1. The van der Waals surface area contributed by atoms with Gasteiger partial charge in [0.15, 0.2) is 5.82 Å². The van der Waals surface area contributed by atoms with E-state index >= 15 is 0 Å². The molecule has 3 rings (SSSR count). The maximum atomic E-state index is 12.8. The van der Waals surface area contributed by atoms with Crippen molar-refractivity contribution in [1.82, 2.24) is 9.78 Å². The Balaban J connectivity index is 2.13. The molecule has 82 valence electrons. The van der Waals surface area contributed by atoms with Crippen LogP contribution in [0.1, 0.15) is 11.3 Å². The van der Waals surface area contributed by atoms with Crippen molar-refractivity contribution in [2.45, 2.75) is 13.2 Å². The first-order valence-corrected chi connectivity index (χ1v) is 4.95. The second-order valence-electron chi connectivity index (χ2n) is 3.69. The summed E-state index contributed by atoms with van der Waals surface area (Å²) in [6.07, 6.45) is 0. The standard InChI is InChI=1S/C11H10FN3O/c12-7-1-3-8(4-2-7)15-10-6-16-5-9(10)11(13)14-15/h1-4H,5-6H2,(H2,13,14). The van der Waals surface area contributed by atoms with E-state index in [0.717, 1.165) is 16.9 Å². The first-order chi connectivity index (χ1) is 7.75. The number of benzene rings is 1. The fourth-order valence-electron chi connectivity index (χ4n) is 1.86. The highest BCUT2D eigenvalue weighted by Crippen LogP contribution is 2.27. The van der Waals surface area contributed by atoms with Gasteiger partial charge < -0.3 is 10.5 Å². The van der Waals surface area contributed by atoms with Crippen LogP contribution in [-0.2, 0) is 18.0 Å². The SMILES string of the molecule is Nc1nn(-c2ccc(F)cc2)c2c1COC2. The summed E-state index contributed by atoms with van der Waals surface area (Å²) >= 11 is 0. The van der Waals surface area contributed by atoms with Crippen LogP contribution < -0.4 is 5.73 Å². The summed E-state index contributed by atoms with van der Waals surface area (Å²) in [4.78, 5) is 0. The molecule has 1 aromatic carbocycles. The van der Waals surface area contributed by atoms with E-state index in [2.05, 4.69) is 5.10 Å². The van der Waals surface area contributed by atoms with E-state index in [4.69, 9.17) is 10.5 Å². The lowest BCUT2D eigenvalue weighted by molar-refractivity contribution is 0.131. The number of nitrogen functional groups attached to an aromatic ring is 1. The first-order valence-electron chi connectivity index (χ1n) is 4.95. The zero-order valence-corrected chi connectivity index (χ0v) is 8.48. The Labute approximate surface area is 91.4 Å². The van der Waals surface area contributed by atoms with Crippen molar-refractivity contribution in [3.63, 3.8) is 0 Å². The van der Waals surface area contributed by atoms with Gasteiger partial charge in [0.25, 0.3) is 0 Å². The molecule has 2 N–H and O–H groups in total. The lowest BCUT2D eigenvalue weighted by atomic mass is 10.2. The summed E-state index contributed by atoms with van der Waals surface area (Å²) in [5.41, 5.74) is 8.45. The lowest BCUT2D eigenvalue weighted by Crippen LogP contribution is -2.02. The van der Waals surface area contributed by atoms with Gasteiger partial charge in [-0.2, -0.15) is 0 Å². The Morgan fingerprint density at radius 3 is 2.75 bits per heavy atom. The van der Waals surface area contributed by atoms with Crippen molar-refractivity contribution in [3.8, 4) is 5.69 Å². The molecule has 1 aliphatic rings. The predicted molar refractivity (Wildman–Crippen MR) is 56.4 cm³/mol. The molecule has 0 aliphatic carbocycles. The van der Waals surface area contributed by atoms with E-state index in [0.29, 0.717) is 19.0 Å². The highest BCUT2D eigenvalue weighted by Gasteiger charge is 2.22. The van der Waals surface area contributed by atoms with E-state index in [1.165, 1.54) is 12.1 Å². The molecular formula is C11H10FN3O. The monoisotopic (exact) mass is 219 g/mol. The summed E-state index contributed by atoms with van der Waals surface area (Å²) in [6, 6.07) is 6.13. The third-order valence-corrected chi connectivity index (χ3v) is 2.68. The van der Waals surface area contributed by atoms with Gasteiger partial charge in [-0.1, -0.05) is 0 Å². The maximum Gasteiger partial charge on any atom is 0.151 e. The van der Waals surface area contributed by atoms with Gasteiger partial charge in [-0.15, -0.1) is 5.10 Å². The van der Waals surface area contributed by atoms with Crippen LogP contribution in [0.5, 0.6) is 0 Å². The molecule has 0 saturated heterocycles. The Morgan fingerprint density at radius 1 is 1.25 bits per heavy atom. The zero-order valence-electron chi connectivity index (χ0n) is 8.48. The molecule has 0 unspecified atom stereocenters. The highest BCUT2D eigenvalue weighted by molar-refractivity contribution is 5.47. The topological polar surface area (TPSA) is 53.1 Å². The van der Waals surface area contributed by atoms with Gasteiger partial charge >= 0.3 is 0 Å². The van der Waals surface area contributed by atoms with Crippen molar-refractivity contribution in [2.24, 2.45) is 0 Å². The van der Waals surface area contributed by atoms with E-state index in [1.54, 1.807) is 16.8 Å². The molecule has 1 aromatic heterocycles. The quantitative estimate of drug-likeness (QED) is 0.793. The van der Waals surface area contributed by atoms with Crippen LogP contribution in [0.25, 0.3) is 5.69 Å². The third-order valence-electron chi connectivity index (χ3n) is 2.68. The van der Waals surface area contributed by atoms with Crippen molar-refractivity contribution >= 4 is 5.82 Å². The van der Waals surface area contributed by atoms with Crippen molar-refractivity contribution in [1.29, 1.82) is 0 Å². The molecule has 0 spiro atoms. The summed E-state index contributed by atoms with van der Waals surface area (Å²) in [7, 11) is 0. The van der Waals surface area contributed by atoms with E-state index in [9.17, 15) is 4.39 Å². The average Bonchev–Trinajstić information content (AvgIpc) is 2.84. The summed E-state index contributed by atoms with van der Waals surface area (Å²) in [6.45, 7) is 0.999. The lowest BCUT2D eigenvalue weighted by Gasteiger charge is -2.04. The van der Waals surface area contributed by atoms with Gasteiger partial charge in [0.1, 0.15) is 5.82 Å². The molecule has 16 heavy (non-hydrogen) atoms. The molecule has 5 heteroatoms. The number of nitrogens with two attached hydrogens (primary N) is 1. The van der Waals surface area contributed by atoms with Gasteiger partial charge in [0.05, 0.1) is 24.6 Å². The maximum absolute atomic E-state index is 12.8. The number of rotatable bonds is 1. The number of nitrogens with zero attached hydrogens (tertiary/aromatic N) is 2. The number of fused-ring (bicyclic) bond motifs is 1. The minimum absolute atomic E-state index is 0.267. The summed E-state index contributed by atoms with van der Waals surface area (Å²) in [5, 5.41) is 4.22. The van der Waals surface area contributed by atoms with Gasteiger partial charge in [0.2, 0.25) is 0 Å². The molecule has 0 amide bonds. The van der Waals surface area contributed by atoms with Crippen LogP contribution in [0.2, 0.25) is 0 Å². The van der Waals surface area contributed by atoms with Crippen LogP contribution in [-0.4, -0.2) is 9.78 Å². The molecule has 0 bridgehead atoms. The normalized spacial score (nSPS) is 14.1. The van der Waals surface area contributed by atoms with E-state index in [1.807, 2.05) is 0 Å². The third kappa shape index (κ3) is 1.29. The van der Waals surface area contributed by atoms with Crippen molar-refractivity contribution in [3.05, 3.63) is 41.3 Å². The Hall–Kier alpha value is -1.88. The number of hydrogen-bond acceptors (Lipinski definition) is 3. The Kier molecular flexibility index (Phi) is 1.94. The molecule has 0 radical (unpaired) electrons. The van der Waals surface area contributed by atoms with Crippen LogP contribution in [0.4, 0.5) is 10.2 Å². The highest BCUT2D eigenvalue weighted by atomic mass is 19.1. The molecule has 2 aromatic rings. The molecule has 0 saturated carbocycles. The molecule has 2 heterocycles. The largest absolute Gasteiger partial charge is 0.382 e. The van der Waals surface area contributed by atoms with Gasteiger partial charge in [-0.05, 0) is 24.3 Å². The van der Waals surface area contributed by atoms with E-state index < -0.39 is 0 Å². The second kappa shape index (κ2) is 3.31. The smallest absolute Gasteiger partial charge is 0.151 e. The van der Waals surface area contributed by atoms with Crippen molar-refractivity contribution in [2.75, 3.05) is 5.73 Å².